The van der Waals surface area contributed by atoms with Gasteiger partial charge in [-0.1, -0.05) is 19.1 Å². The minimum atomic E-state index is -3.66. The lowest BCUT2D eigenvalue weighted by atomic mass is 9.99. The summed E-state index contributed by atoms with van der Waals surface area (Å²) in [6.07, 6.45) is 0. The van der Waals surface area contributed by atoms with Crippen LogP contribution in [0.3, 0.4) is 0 Å². The number of hydrogen-bond donors (Lipinski definition) is 2. The lowest BCUT2D eigenvalue weighted by Gasteiger charge is -2.18. The molecule has 2 aliphatic heterocycles. The van der Waals surface area contributed by atoms with Gasteiger partial charge in [-0.2, -0.15) is 0 Å². The van der Waals surface area contributed by atoms with Gasteiger partial charge in [0.2, 0.25) is 5.91 Å². The summed E-state index contributed by atoms with van der Waals surface area (Å²) in [5.74, 6) is -1.81. The highest BCUT2D eigenvalue weighted by atomic mass is 32.2. The molecule has 1 aromatic carbocycles. The van der Waals surface area contributed by atoms with Gasteiger partial charge < -0.3 is 10.0 Å². The van der Waals surface area contributed by atoms with Gasteiger partial charge in [-0.25, -0.2) is 8.42 Å². The number of carboxylic acid groups (broad SMARTS) is 1. The normalized spacial score (nSPS) is 27.0. The first kappa shape index (κ1) is 17.4. The van der Waals surface area contributed by atoms with Crippen molar-refractivity contribution in [3.8, 4) is 0 Å². The van der Waals surface area contributed by atoms with Crippen molar-refractivity contribution in [1.82, 2.24) is 9.62 Å². The second-order valence-electron chi connectivity index (χ2n) is 6.42. The maximum atomic E-state index is 12.6. The molecule has 2 heterocycles. The molecule has 134 valence electrons. The Hall–Kier alpha value is -2.42. The fourth-order valence-electron chi connectivity index (χ4n) is 3.21. The van der Waals surface area contributed by atoms with Crippen LogP contribution in [0, 0.1) is 11.8 Å². The van der Waals surface area contributed by atoms with Crippen molar-refractivity contribution in [3.05, 3.63) is 29.8 Å². The minimum absolute atomic E-state index is 0.132. The van der Waals surface area contributed by atoms with Gasteiger partial charge in [-0.3, -0.25) is 19.3 Å². The van der Waals surface area contributed by atoms with Crippen LogP contribution in [-0.4, -0.2) is 55.3 Å². The Morgan fingerprint density at radius 1 is 1.32 bits per heavy atom. The minimum Gasteiger partial charge on any atom is -0.481 e. The van der Waals surface area contributed by atoms with E-state index in [4.69, 9.17) is 0 Å². The molecule has 9 heteroatoms. The first-order valence-corrected chi connectivity index (χ1v) is 9.40. The van der Waals surface area contributed by atoms with Gasteiger partial charge in [-0.15, -0.1) is 0 Å². The summed E-state index contributed by atoms with van der Waals surface area (Å²) >= 11 is 0. The van der Waals surface area contributed by atoms with Crippen LogP contribution in [-0.2, 0) is 19.6 Å². The van der Waals surface area contributed by atoms with Crippen molar-refractivity contribution in [1.29, 1.82) is 0 Å². The van der Waals surface area contributed by atoms with E-state index in [2.05, 4.69) is 9.71 Å². The Morgan fingerprint density at radius 2 is 2.00 bits per heavy atom. The number of aliphatic imine (C=N–C) groups is 1. The first-order chi connectivity index (χ1) is 11.7. The second-order valence-corrected chi connectivity index (χ2v) is 8.07. The number of carbonyl (C=O) groups is 2. The maximum Gasteiger partial charge on any atom is 0.308 e. The lowest BCUT2D eigenvalue weighted by Crippen LogP contribution is -2.37. The van der Waals surface area contributed by atoms with Gasteiger partial charge in [0.1, 0.15) is 11.9 Å². The van der Waals surface area contributed by atoms with Crippen LogP contribution in [0.5, 0.6) is 0 Å². The van der Waals surface area contributed by atoms with Crippen LogP contribution in [0.1, 0.15) is 19.4 Å². The Balaban J connectivity index is 1.81. The number of fused-ring (bicyclic) bond motifs is 1. The Morgan fingerprint density at radius 3 is 2.64 bits per heavy atom. The standard InChI is InChI=1S/C16H19N3O5S/c1-9-7-19(8-12(9)16(21)22)15(20)10(2)17-14-11-5-3-4-6-13(11)25(23,24)18-14/h3-6,9-10,12H,7-8H2,1-2H3,(H,17,18)(H,21,22)/t9-,10?,12-/m1/s1. The monoisotopic (exact) mass is 365 g/mol. The number of nitrogens with one attached hydrogen (secondary N) is 1. The highest BCUT2D eigenvalue weighted by Crippen LogP contribution is 2.25. The smallest absolute Gasteiger partial charge is 0.308 e. The number of carboxylic acids is 1. The van der Waals surface area contributed by atoms with Gasteiger partial charge in [0.05, 0.1) is 10.8 Å². The zero-order valence-electron chi connectivity index (χ0n) is 13.8. The SMILES string of the molecule is CC(N=C1NS(=O)(=O)c2ccccc21)C(=O)N1C[C@@H](C)[C@H](C(=O)O)C1. The topological polar surface area (TPSA) is 116 Å². The molecule has 1 fully saturated rings. The number of amides is 1. The molecular formula is C16H19N3O5S. The third-order valence-electron chi connectivity index (χ3n) is 4.58. The molecule has 0 saturated carbocycles. The van der Waals surface area contributed by atoms with E-state index in [0.717, 1.165) is 0 Å². The van der Waals surface area contributed by atoms with E-state index in [0.29, 0.717) is 12.1 Å². The molecule has 0 radical (unpaired) electrons. The molecule has 1 amide bonds. The molecule has 8 nitrogen and oxygen atoms in total. The predicted octanol–water partition coefficient (Wildman–Crippen LogP) is 0.293. The van der Waals surface area contributed by atoms with Crippen molar-refractivity contribution in [2.75, 3.05) is 13.1 Å². The summed E-state index contributed by atoms with van der Waals surface area (Å²) in [6, 6.07) is 5.60. The third-order valence-corrected chi connectivity index (χ3v) is 5.98. The zero-order chi connectivity index (χ0) is 18.4. The number of benzene rings is 1. The van der Waals surface area contributed by atoms with E-state index in [-0.39, 0.29) is 29.1 Å². The molecular weight excluding hydrogens is 346 g/mol. The number of likely N-dealkylation sites (tertiary alicyclic amines) is 1. The average molecular weight is 365 g/mol. The van der Waals surface area contributed by atoms with Crippen LogP contribution in [0.4, 0.5) is 0 Å². The number of rotatable bonds is 3. The molecule has 1 saturated heterocycles. The number of carbonyl (C=O) groups excluding carboxylic acids is 1. The van der Waals surface area contributed by atoms with Crippen LogP contribution in [0.15, 0.2) is 34.2 Å². The quantitative estimate of drug-likeness (QED) is 0.799. The summed E-state index contributed by atoms with van der Waals surface area (Å²) in [6.45, 7) is 3.87. The average Bonchev–Trinajstić information content (AvgIpc) is 3.05. The zero-order valence-corrected chi connectivity index (χ0v) is 14.7. The highest BCUT2D eigenvalue weighted by molar-refractivity contribution is 7.90. The van der Waals surface area contributed by atoms with E-state index >= 15 is 0 Å². The van der Waals surface area contributed by atoms with Crippen LogP contribution in [0.2, 0.25) is 0 Å². The summed E-state index contributed by atoms with van der Waals surface area (Å²) in [4.78, 5) is 29.6. The summed E-state index contributed by atoms with van der Waals surface area (Å²) in [5.41, 5.74) is 0.431. The van der Waals surface area contributed by atoms with E-state index < -0.39 is 28.0 Å². The molecule has 0 spiro atoms. The van der Waals surface area contributed by atoms with Gasteiger partial charge in [0, 0.05) is 18.7 Å². The predicted molar refractivity (Wildman–Crippen MR) is 89.6 cm³/mol. The summed E-state index contributed by atoms with van der Waals surface area (Å²) in [5, 5.41) is 9.18. The second kappa shape index (κ2) is 6.14. The van der Waals surface area contributed by atoms with Crippen molar-refractivity contribution in [2.24, 2.45) is 16.8 Å². The van der Waals surface area contributed by atoms with Gasteiger partial charge >= 0.3 is 5.97 Å². The van der Waals surface area contributed by atoms with E-state index in [1.54, 1.807) is 32.0 Å². The molecule has 2 N–H and O–H groups in total. The number of aliphatic carboxylic acids is 1. The Bertz CT molecular complexity index is 864. The maximum absolute atomic E-state index is 12.6. The highest BCUT2D eigenvalue weighted by Gasteiger charge is 2.38. The van der Waals surface area contributed by atoms with Crippen LogP contribution < -0.4 is 4.72 Å². The third kappa shape index (κ3) is 3.11. The first-order valence-electron chi connectivity index (χ1n) is 7.92. The fourth-order valence-corrected chi connectivity index (χ4v) is 4.45. The van der Waals surface area contributed by atoms with Gasteiger partial charge in [0.25, 0.3) is 10.0 Å². The summed E-state index contributed by atoms with van der Waals surface area (Å²) < 4.78 is 26.5. The number of hydrogen-bond acceptors (Lipinski definition) is 5. The lowest BCUT2D eigenvalue weighted by molar-refractivity contribution is -0.142. The Labute approximate surface area is 145 Å². The van der Waals surface area contributed by atoms with E-state index in [1.165, 1.54) is 11.0 Å². The largest absolute Gasteiger partial charge is 0.481 e. The molecule has 1 aromatic rings. The number of amidine groups is 1. The van der Waals surface area contributed by atoms with Crippen LogP contribution >= 0.6 is 0 Å². The number of nitrogens with zero attached hydrogens (tertiary/aromatic N) is 2. The molecule has 3 atom stereocenters. The Kier molecular flexibility index (Phi) is 4.28. The van der Waals surface area contributed by atoms with Gasteiger partial charge in [-0.05, 0) is 25.0 Å². The van der Waals surface area contributed by atoms with E-state index in [1.807, 2.05) is 0 Å². The van der Waals surface area contributed by atoms with E-state index in [9.17, 15) is 23.1 Å². The van der Waals surface area contributed by atoms with Crippen molar-refractivity contribution in [3.63, 3.8) is 0 Å². The molecule has 0 aliphatic carbocycles. The molecule has 0 bridgehead atoms. The summed E-state index contributed by atoms with van der Waals surface area (Å²) in [7, 11) is -3.66. The van der Waals surface area contributed by atoms with Crippen molar-refractivity contribution in [2.45, 2.75) is 24.8 Å². The molecule has 1 unspecified atom stereocenters. The van der Waals surface area contributed by atoms with Crippen LogP contribution in [0.25, 0.3) is 0 Å². The molecule has 2 aliphatic rings. The molecule has 0 aromatic heterocycles. The number of sulfonamides is 1. The fraction of sp³-hybridized carbons (Fsp3) is 0.438. The van der Waals surface area contributed by atoms with Crippen molar-refractivity contribution >= 4 is 27.7 Å². The van der Waals surface area contributed by atoms with Crippen molar-refractivity contribution < 1.29 is 23.1 Å². The molecule has 25 heavy (non-hydrogen) atoms. The molecule has 3 rings (SSSR count). The van der Waals surface area contributed by atoms with Gasteiger partial charge in [0.15, 0.2) is 0 Å².